The highest BCUT2D eigenvalue weighted by Crippen LogP contribution is 2.30. The van der Waals surface area contributed by atoms with Crippen molar-refractivity contribution in [3.05, 3.63) is 60.3 Å². The zero-order valence-electron chi connectivity index (χ0n) is 19.0. The number of ether oxygens (including phenoxy) is 2. The van der Waals surface area contributed by atoms with Crippen molar-refractivity contribution in [3.63, 3.8) is 0 Å². The number of primary amides is 1. The number of piperazine rings is 1. The van der Waals surface area contributed by atoms with E-state index in [0.29, 0.717) is 36.7 Å². The fourth-order valence-corrected chi connectivity index (χ4v) is 4.23. The third-order valence-electron chi connectivity index (χ3n) is 5.96. The molecule has 2 aromatic carbocycles. The van der Waals surface area contributed by atoms with E-state index in [2.05, 4.69) is 22.0 Å². The fourth-order valence-electron chi connectivity index (χ4n) is 4.23. The van der Waals surface area contributed by atoms with Crippen LogP contribution in [-0.4, -0.2) is 60.6 Å². The molecule has 1 fully saturated rings. The Labute approximate surface area is 192 Å². The number of rotatable bonds is 6. The lowest BCUT2D eigenvalue weighted by molar-refractivity contribution is -0.140. The van der Waals surface area contributed by atoms with Gasteiger partial charge in [-0.25, -0.2) is 4.98 Å². The Bertz CT molecular complexity index is 1180. The van der Waals surface area contributed by atoms with Gasteiger partial charge in [0, 0.05) is 42.8 Å². The van der Waals surface area contributed by atoms with Crippen molar-refractivity contribution in [2.75, 3.05) is 31.6 Å². The van der Waals surface area contributed by atoms with Crippen LogP contribution >= 0.6 is 0 Å². The third kappa shape index (κ3) is 4.55. The lowest BCUT2D eigenvalue weighted by Gasteiger charge is -2.41. The Morgan fingerprint density at radius 3 is 2.64 bits per heavy atom. The van der Waals surface area contributed by atoms with Crippen molar-refractivity contribution >= 4 is 28.4 Å². The minimum atomic E-state index is -0.719. The maximum Gasteiger partial charge on any atom is 0.263 e. The summed E-state index contributed by atoms with van der Waals surface area (Å²) < 4.78 is 11.2. The number of hydrogen-bond acceptors (Lipinski definition) is 6. The first kappa shape index (κ1) is 22.4. The highest BCUT2D eigenvalue weighted by molar-refractivity contribution is 5.93. The van der Waals surface area contributed by atoms with Crippen LogP contribution in [0.4, 0.5) is 5.82 Å². The predicted octanol–water partition coefficient (Wildman–Crippen LogP) is 2.85. The number of amides is 2. The van der Waals surface area contributed by atoms with Crippen molar-refractivity contribution in [3.8, 4) is 11.5 Å². The van der Waals surface area contributed by atoms with Crippen LogP contribution in [-0.2, 0) is 4.79 Å². The van der Waals surface area contributed by atoms with Gasteiger partial charge in [0.15, 0.2) is 17.6 Å². The zero-order valence-corrected chi connectivity index (χ0v) is 19.0. The van der Waals surface area contributed by atoms with Gasteiger partial charge in [-0.2, -0.15) is 0 Å². The van der Waals surface area contributed by atoms with E-state index in [9.17, 15) is 9.59 Å². The Hall–Kier alpha value is -3.81. The summed E-state index contributed by atoms with van der Waals surface area (Å²) in [6.45, 7) is 5.67. The summed E-state index contributed by atoms with van der Waals surface area (Å²) in [6, 6.07) is 14.8. The molecule has 8 heteroatoms. The van der Waals surface area contributed by atoms with E-state index < -0.39 is 12.0 Å². The molecule has 1 aliphatic heterocycles. The average Bonchev–Trinajstić information content (AvgIpc) is 2.83. The number of nitrogens with zero attached hydrogens (tertiary/aromatic N) is 3. The number of hydrogen-bond donors (Lipinski definition) is 1. The van der Waals surface area contributed by atoms with Crippen LogP contribution in [0.3, 0.4) is 0 Å². The molecule has 2 atom stereocenters. The summed E-state index contributed by atoms with van der Waals surface area (Å²) in [4.78, 5) is 33.3. The number of methoxy groups -OCH3 is 1. The number of aromatic nitrogens is 1. The van der Waals surface area contributed by atoms with Gasteiger partial charge in [0.2, 0.25) is 5.91 Å². The third-order valence-corrected chi connectivity index (χ3v) is 5.96. The summed E-state index contributed by atoms with van der Waals surface area (Å²) in [5.41, 5.74) is 5.64. The van der Waals surface area contributed by atoms with Crippen LogP contribution < -0.4 is 20.1 Å². The van der Waals surface area contributed by atoms with Crippen molar-refractivity contribution in [2.24, 2.45) is 5.73 Å². The Kier molecular flexibility index (Phi) is 6.35. The van der Waals surface area contributed by atoms with Gasteiger partial charge >= 0.3 is 0 Å². The Balaban J connectivity index is 1.45. The van der Waals surface area contributed by atoms with Gasteiger partial charge in [-0.3, -0.25) is 9.59 Å². The number of anilines is 1. The van der Waals surface area contributed by atoms with E-state index in [1.54, 1.807) is 19.1 Å². The molecule has 0 aliphatic carbocycles. The summed E-state index contributed by atoms with van der Waals surface area (Å²) in [5.74, 6) is 1.02. The SMILES string of the molecule is COc1cc(C(N)=O)ccc1O[C@@H](C)C(=O)N1CCN(c2nccc3ccccc23)C[C@H]1C. The second-order valence-corrected chi connectivity index (χ2v) is 8.17. The monoisotopic (exact) mass is 448 g/mol. The van der Waals surface area contributed by atoms with Crippen molar-refractivity contribution in [1.29, 1.82) is 0 Å². The molecule has 0 saturated carbocycles. The molecule has 3 aromatic rings. The largest absolute Gasteiger partial charge is 0.493 e. The predicted molar refractivity (Wildman–Crippen MR) is 127 cm³/mol. The highest BCUT2D eigenvalue weighted by Gasteiger charge is 2.32. The normalized spacial score (nSPS) is 17.0. The van der Waals surface area contributed by atoms with Gasteiger partial charge in [0.05, 0.1) is 7.11 Å². The van der Waals surface area contributed by atoms with Crippen LogP contribution in [0.1, 0.15) is 24.2 Å². The lowest BCUT2D eigenvalue weighted by atomic mass is 10.1. The molecule has 2 N–H and O–H groups in total. The minimum absolute atomic E-state index is 0.0165. The van der Waals surface area contributed by atoms with Crippen LogP contribution in [0, 0.1) is 0 Å². The van der Waals surface area contributed by atoms with E-state index in [-0.39, 0.29) is 11.9 Å². The van der Waals surface area contributed by atoms with Gasteiger partial charge in [-0.15, -0.1) is 0 Å². The van der Waals surface area contributed by atoms with Gasteiger partial charge in [-0.1, -0.05) is 24.3 Å². The molecule has 1 aliphatic rings. The smallest absolute Gasteiger partial charge is 0.263 e. The molecule has 172 valence electrons. The van der Waals surface area contributed by atoms with E-state index in [1.807, 2.05) is 36.2 Å². The van der Waals surface area contributed by atoms with Crippen LogP contribution in [0.25, 0.3) is 10.8 Å². The van der Waals surface area contributed by atoms with Gasteiger partial charge in [0.25, 0.3) is 5.91 Å². The first-order valence-corrected chi connectivity index (χ1v) is 10.9. The van der Waals surface area contributed by atoms with E-state index >= 15 is 0 Å². The molecule has 0 unspecified atom stereocenters. The van der Waals surface area contributed by atoms with Crippen LogP contribution in [0.2, 0.25) is 0 Å². The molecule has 8 nitrogen and oxygen atoms in total. The maximum atomic E-state index is 13.2. The number of carbonyl (C=O) groups is 2. The minimum Gasteiger partial charge on any atom is -0.493 e. The van der Waals surface area contributed by atoms with Crippen molar-refractivity contribution in [1.82, 2.24) is 9.88 Å². The molecule has 0 spiro atoms. The number of fused-ring (bicyclic) bond motifs is 1. The zero-order chi connectivity index (χ0) is 23.5. The molecule has 0 bridgehead atoms. The van der Waals surface area contributed by atoms with E-state index in [1.165, 1.54) is 13.2 Å². The van der Waals surface area contributed by atoms with Gasteiger partial charge in [0.1, 0.15) is 5.82 Å². The molecule has 2 heterocycles. The fraction of sp³-hybridized carbons (Fsp3) is 0.320. The van der Waals surface area contributed by atoms with Crippen LogP contribution in [0.15, 0.2) is 54.7 Å². The first-order chi connectivity index (χ1) is 15.9. The van der Waals surface area contributed by atoms with Gasteiger partial charge < -0.3 is 25.0 Å². The second kappa shape index (κ2) is 9.36. The molecular formula is C25H28N4O4. The molecular weight excluding hydrogens is 420 g/mol. The molecule has 4 rings (SSSR count). The van der Waals surface area contributed by atoms with Gasteiger partial charge in [-0.05, 0) is 43.5 Å². The second-order valence-electron chi connectivity index (χ2n) is 8.17. The molecule has 1 saturated heterocycles. The maximum absolute atomic E-state index is 13.2. The highest BCUT2D eigenvalue weighted by atomic mass is 16.5. The van der Waals surface area contributed by atoms with Crippen molar-refractivity contribution < 1.29 is 19.1 Å². The summed E-state index contributed by atoms with van der Waals surface area (Å²) in [7, 11) is 1.47. The number of carbonyl (C=O) groups excluding carboxylic acids is 2. The molecule has 0 radical (unpaired) electrons. The number of nitrogens with two attached hydrogens (primary N) is 1. The standard InChI is InChI=1S/C25H28N4O4/c1-16-15-28(24-20-7-5-4-6-18(20)10-11-27-24)12-13-29(16)25(31)17(2)33-21-9-8-19(23(26)30)14-22(21)32-3/h4-11,14,16-17H,12-13,15H2,1-3H3,(H2,26,30)/t16-,17+/m1/s1. The lowest BCUT2D eigenvalue weighted by Crippen LogP contribution is -2.56. The quantitative estimate of drug-likeness (QED) is 0.623. The Morgan fingerprint density at radius 1 is 1.12 bits per heavy atom. The summed E-state index contributed by atoms with van der Waals surface area (Å²) >= 11 is 0. The van der Waals surface area contributed by atoms with E-state index in [0.717, 1.165) is 16.6 Å². The Morgan fingerprint density at radius 2 is 1.91 bits per heavy atom. The average molecular weight is 449 g/mol. The van der Waals surface area contributed by atoms with Crippen molar-refractivity contribution in [2.45, 2.75) is 26.0 Å². The summed E-state index contributed by atoms with van der Waals surface area (Å²) in [6.07, 6.45) is 1.11. The summed E-state index contributed by atoms with van der Waals surface area (Å²) in [5, 5.41) is 2.25. The first-order valence-electron chi connectivity index (χ1n) is 10.9. The molecule has 33 heavy (non-hydrogen) atoms. The van der Waals surface area contributed by atoms with E-state index in [4.69, 9.17) is 15.2 Å². The topological polar surface area (TPSA) is 98.0 Å². The molecule has 1 aromatic heterocycles. The number of benzene rings is 2. The number of pyridine rings is 1. The molecule has 2 amide bonds. The van der Waals surface area contributed by atoms with Crippen LogP contribution in [0.5, 0.6) is 11.5 Å².